The summed E-state index contributed by atoms with van der Waals surface area (Å²) in [4.78, 5) is 15.8. The maximum atomic E-state index is 11.6. The van der Waals surface area contributed by atoms with Gasteiger partial charge in [-0.2, -0.15) is 0 Å². The Kier molecular flexibility index (Phi) is 4.56. The third kappa shape index (κ3) is 6.79. The Morgan fingerprint density at radius 3 is 2.26 bits per heavy atom. The molecule has 0 saturated heterocycles. The van der Waals surface area contributed by atoms with E-state index in [9.17, 15) is 4.79 Å². The number of ether oxygens (including phenoxy) is 1. The van der Waals surface area contributed by atoms with Gasteiger partial charge < -0.3 is 4.74 Å². The van der Waals surface area contributed by atoms with Gasteiger partial charge in [-0.05, 0) is 44.2 Å². The number of carbonyl (C=O) groups is 1. The smallest absolute Gasteiger partial charge is 0.413 e. The first kappa shape index (κ1) is 15.5. The monoisotopic (exact) mass is 264 g/mol. The Labute approximate surface area is 115 Å². The molecule has 1 aromatic rings. The van der Waals surface area contributed by atoms with Crippen molar-refractivity contribution >= 4 is 11.9 Å². The number of nitrogens with zero attached hydrogens (tertiary/aromatic N) is 1. The lowest BCUT2D eigenvalue weighted by molar-refractivity contribution is 0.0635. The van der Waals surface area contributed by atoms with Crippen LogP contribution in [0.5, 0.6) is 0 Å². The van der Waals surface area contributed by atoms with Gasteiger partial charge in [-0.15, -0.1) is 0 Å². The van der Waals surface area contributed by atoms with Gasteiger partial charge in [0.05, 0.1) is 0 Å². The summed E-state index contributed by atoms with van der Waals surface area (Å²) < 4.78 is 5.16. The van der Waals surface area contributed by atoms with Crippen molar-refractivity contribution in [1.82, 2.24) is 4.98 Å². The van der Waals surface area contributed by atoms with E-state index in [1.54, 1.807) is 12.3 Å². The van der Waals surface area contributed by atoms with Gasteiger partial charge in [0.15, 0.2) is 0 Å². The fraction of sp³-hybridized carbons (Fsp3) is 0.600. The molecule has 0 aliphatic carbocycles. The van der Waals surface area contributed by atoms with Gasteiger partial charge >= 0.3 is 6.09 Å². The molecule has 4 nitrogen and oxygen atoms in total. The summed E-state index contributed by atoms with van der Waals surface area (Å²) in [5.74, 6) is 0.506. The predicted molar refractivity (Wildman–Crippen MR) is 77.3 cm³/mol. The van der Waals surface area contributed by atoms with Crippen LogP contribution in [0.1, 0.15) is 47.1 Å². The molecule has 0 spiro atoms. The van der Waals surface area contributed by atoms with Crippen molar-refractivity contribution in [2.24, 2.45) is 5.41 Å². The van der Waals surface area contributed by atoms with Crippen molar-refractivity contribution in [3.8, 4) is 0 Å². The van der Waals surface area contributed by atoms with Gasteiger partial charge in [-0.3, -0.25) is 5.32 Å². The average molecular weight is 264 g/mol. The highest BCUT2D eigenvalue weighted by Gasteiger charge is 2.16. The van der Waals surface area contributed by atoms with Crippen LogP contribution in [0.15, 0.2) is 18.3 Å². The van der Waals surface area contributed by atoms with Gasteiger partial charge in [0.1, 0.15) is 11.4 Å². The second-order valence-corrected chi connectivity index (χ2v) is 6.92. The minimum Gasteiger partial charge on any atom is -0.444 e. The molecule has 0 radical (unpaired) electrons. The summed E-state index contributed by atoms with van der Waals surface area (Å²) in [5.41, 5.74) is 0.875. The fourth-order valence-corrected chi connectivity index (χ4v) is 1.62. The molecule has 0 saturated carbocycles. The number of hydrogen-bond donors (Lipinski definition) is 1. The van der Waals surface area contributed by atoms with Crippen molar-refractivity contribution in [1.29, 1.82) is 0 Å². The van der Waals surface area contributed by atoms with Crippen LogP contribution in [0, 0.1) is 5.41 Å². The van der Waals surface area contributed by atoms with E-state index in [4.69, 9.17) is 4.74 Å². The first-order valence-corrected chi connectivity index (χ1v) is 6.50. The Morgan fingerprint density at radius 1 is 1.21 bits per heavy atom. The SMILES string of the molecule is CC(C)(C)Cc1ccc(NC(=O)OC(C)(C)C)nc1. The zero-order valence-electron chi connectivity index (χ0n) is 12.7. The number of anilines is 1. The first-order chi connectivity index (χ1) is 8.55. The Hall–Kier alpha value is -1.58. The van der Waals surface area contributed by atoms with Crippen LogP contribution < -0.4 is 5.32 Å². The summed E-state index contributed by atoms with van der Waals surface area (Å²) in [7, 11) is 0. The lowest BCUT2D eigenvalue weighted by atomic mass is 9.89. The molecular formula is C15H24N2O2. The Balaban J connectivity index is 2.60. The summed E-state index contributed by atoms with van der Waals surface area (Å²) in [6.45, 7) is 12.0. The number of carbonyl (C=O) groups excluding carboxylic acids is 1. The molecule has 1 heterocycles. The van der Waals surface area contributed by atoms with Crippen LogP contribution in [-0.4, -0.2) is 16.7 Å². The van der Waals surface area contributed by atoms with Crippen LogP contribution in [0.25, 0.3) is 0 Å². The minimum absolute atomic E-state index is 0.224. The standard InChI is InChI=1S/C15H24N2O2/c1-14(2,3)9-11-7-8-12(16-10-11)17-13(18)19-15(4,5)6/h7-8,10H,9H2,1-6H3,(H,16,17,18). The average Bonchev–Trinajstić information content (AvgIpc) is 2.15. The molecule has 1 amide bonds. The van der Waals surface area contributed by atoms with Crippen molar-refractivity contribution < 1.29 is 9.53 Å². The van der Waals surface area contributed by atoms with E-state index in [1.807, 2.05) is 26.8 Å². The van der Waals surface area contributed by atoms with E-state index in [2.05, 4.69) is 31.1 Å². The second-order valence-electron chi connectivity index (χ2n) is 6.92. The highest BCUT2D eigenvalue weighted by molar-refractivity contribution is 5.83. The van der Waals surface area contributed by atoms with Crippen molar-refractivity contribution in [3.05, 3.63) is 23.9 Å². The van der Waals surface area contributed by atoms with Gasteiger partial charge in [-0.1, -0.05) is 26.8 Å². The third-order valence-electron chi connectivity index (χ3n) is 2.19. The second kappa shape index (κ2) is 5.59. The molecule has 1 rings (SSSR count). The number of nitrogens with one attached hydrogen (secondary N) is 1. The molecule has 0 unspecified atom stereocenters. The molecular weight excluding hydrogens is 240 g/mol. The van der Waals surface area contributed by atoms with Gasteiger partial charge in [0, 0.05) is 6.20 Å². The number of pyridine rings is 1. The minimum atomic E-state index is -0.504. The molecule has 0 aliphatic heterocycles. The molecule has 0 aliphatic rings. The van der Waals surface area contributed by atoms with E-state index < -0.39 is 11.7 Å². The number of rotatable bonds is 2. The van der Waals surface area contributed by atoms with Gasteiger partial charge in [-0.25, -0.2) is 9.78 Å². The normalized spacial score (nSPS) is 12.1. The largest absolute Gasteiger partial charge is 0.444 e. The van der Waals surface area contributed by atoms with E-state index in [0.717, 1.165) is 12.0 Å². The fourth-order valence-electron chi connectivity index (χ4n) is 1.62. The number of aromatic nitrogens is 1. The Bertz CT molecular complexity index is 425. The van der Waals surface area contributed by atoms with Crippen LogP contribution in [-0.2, 0) is 11.2 Å². The summed E-state index contributed by atoms with van der Waals surface area (Å²) in [5, 5.41) is 2.62. The summed E-state index contributed by atoms with van der Waals surface area (Å²) in [6, 6.07) is 3.77. The number of hydrogen-bond acceptors (Lipinski definition) is 3. The van der Waals surface area contributed by atoms with Crippen molar-refractivity contribution in [3.63, 3.8) is 0 Å². The Morgan fingerprint density at radius 2 is 1.84 bits per heavy atom. The lowest BCUT2D eigenvalue weighted by Crippen LogP contribution is -2.27. The molecule has 0 bridgehead atoms. The zero-order chi connectivity index (χ0) is 14.7. The van der Waals surface area contributed by atoms with E-state index >= 15 is 0 Å². The molecule has 0 atom stereocenters. The first-order valence-electron chi connectivity index (χ1n) is 6.50. The quantitative estimate of drug-likeness (QED) is 0.877. The highest BCUT2D eigenvalue weighted by atomic mass is 16.6. The maximum Gasteiger partial charge on any atom is 0.413 e. The van der Waals surface area contributed by atoms with Crippen LogP contribution in [0.2, 0.25) is 0 Å². The topological polar surface area (TPSA) is 51.2 Å². The lowest BCUT2D eigenvalue weighted by Gasteiger charge is -2.20. The number of amides is 1. The third-order valence-corrected chi connectivity index (χ3v) is 2.19. The molecule has 1 aromatic heterocycles. The molecule has 4 heteroatoms. The van der Waals surface area contributed by atoms with Crippen molar-refractivity contribution in [2.45, 2.75) is 53.6 Å². The van der Waals surface area contributed by atoms with Crippen LogP contribution >= 0.6 is 0 Å². The molecule has 106 valence electrons. The van der Waals surface area contributed by atoms with Gasteiger partial charge in [0.2, 0.25) is 0 Å². The maximum absolute atomic E-state index is 11.6. The summed E-state index contributed by atoms with van der Waals surface area (Å²) >= 11 is 0. The molecule has 19 heavy (non-hydrogen) atoms. The van der Waals surface area contributed by atoms with Gasteiger partial charge in [0.25, 0.3) is 0 Å². The zero-order valence-corrected chi connectivity index (χ0v) is 12.7. The molecule has 0 fully saturated rings. The van der Waals surface area contributed by atoms with Crippen molar-refractivity contribution in [2.75, 3.05) is 5.32 Å². The summed E-state index contributed by atoms with van der Waals surface area (Å²) in [6.07, 6.45) is 2.26. The predicted octanol–water partition coefficient (Wildman–Crippen LogP) is 4.02. The van der Waals surface area contributed by atoms with E-state index in [-0.39, 0.29) is 5.41 Å². The highest BCUT2D eigenvalue weighted by Crippen LogP contribution is 2.20. The van der Waals surface area contributed by atoms with E-state index in [1.165, 1.54) is 0 Å². The van der Waals surface area contributed by atoms with Crippen LogP contribution in [0.3, 0.4) is 0 Å². The molecule has 0 aromatic carbocycles. The molecule has 1 N–H and O–H groups in total. The van der Waals surface area contributed by atoms with Crippen LogP contribution in [0.4, 0.5) is 10.6 Å². The van der Waals surface area contributed by atoms with E-state index in [0.29, 0.717) is 5.82 Å².